The maximum atomic E-state index is 2.54. The minimum absolute atomic E-state index is 1.23. The molecule has 0 N–H and O–H groups in total. The molecular formula is C9H17N. The molecule has 0 saturated carbocycles. The van der Waals surface area contributed by atoms with Crippen molar-refractivity contribution >= 4 is 0 Å². The fourth-order valence-electron chi connectivity index (χ4n) is 1.43. The number of hydrogen-bond acceptors (Lipinski definition) is 1. The van der Waals surface area contributed by atoms with E-state index in [2.05, 4.69) is 24.0 Å². The predicted octanol–water partition coefficient (Wildman–Crippen LogP) is 2.05. The van der Waals surface area contributed by atoms with Crippen LogP contribution in [0, 0.1) is 0 Å². The average Bonchev–Trinajstić information content (AvgIpc) is 2.41. The zero-order chi connectivity index (χ0) is 7.23. The molecule has 1 heterocycles. The van der Waals surface area contributed by atoms with Gasteiger partial charge in [-0.3, -0.25) is 0 Å². The van der Waals surface area contributed by atoms with Crippen LogP contribution in [0.1, 0.15) is 26.2 Å². The Balaban J connectivity index is 2.01. The fraction of sp³-hybridized carbons (Fsp3) is 0.778. The van der Waals surface area contributed by atoms with E-state index in [0.717, 1.165) is 0 Å². The smallest absolute Gasteiger partial charge is 0.00159 e. The molecule has 0 aliphatic carbocycles. The summed E-state index contributed by atoms with van der Waals surface area (Å²) in [5, 5.41) is 0. The van der Waals surface area contributed by atoms with E-state index in [-0.39, 0.29) is 0 Å². The normalized spacial score (nSPS) is 20.9. The van der Waals surface area contributed by atoms with Crippen LogP contribution in [-0.4, -0.2) is 24.5 Å². The van der Waals surface area contributed by atoms with Crippen molar-refractivity contribution in [3.05, 3.63) is 12.2 Å². The molecule has 1 rings (SSSR count). The van der Waals surface area contributed by atoms with Gasteiger partial charge in [0.2, 0.25) is 0 Å². The van der Waals surface area contributed by atoms with Crippen molar-refractivity contribution in [2.75, 3.05) is 19.6 Å². The van der Waals surface area contributed by atoms with Crippen LogP contribution in [0.3, 0.4) is 0 Å². The zero-order valence-electron chi connectivity index (χ0n) is 6.84. The highest BCUT2D eigenvalue weighted by atomic mass is 15.1. The average molecular weight is 139 g/mol. The summed E-state index contributed by atoms with van der Waals surface area (Å²) in [6.07, 6.45) is 8.44. The van der Waals surface area contributed by atoms with Crippen molar-refractivity contribution in [1.29, 1.82) is 0 Å². The lowest BCUT2D eigenvalue weighted by Gasteiger charge is -2.11. The molecule has 0 radical (unpaired) electrons. The van der Waals surface area contributed by atoms with Crippen molar-refractivity contribution in [2.45, 2.75) is 26.2 Å². The molecule has 1 nitrogen and oxygen atoms in total. The Labute approximate surface area is 63.7 Å². The Morgan fingerprint density at radius 1 is 1.30 bits per heavy atom. The van der Waals surface area contributed by atoms with Gasteiger partial charge in [0.1, 0.15) is 0 Å². The Morgan fingerprint density at radius 3 is 2.60 bits per heavy atom. The number of rotatable bonds is 3. The topological polar surface area (TPSA) is 3.24 Å². The van der Waals surface area contributed by atoms with Gasteiger partial charge >= 0.3 is 0 Å². The molecule has 10 heavy (non-hydrogen) atoms. The van der Waals surface area contributed by atoms with Crippen LogP contribution in [0.5, 0.6) is 0 Å². The second-order valence-corrected chi connectivity index (χ2v) is 2.91. The SMILES string of the molecule is C/C=C/CCN1CCCC1. The first kappa shape index (κ1) is 7.80. The molecule has 58 valence electrons. The summed E-state index contributed by atoms with van der Waals surface area (Å²) >= 11 is 0. The van der Waals surface area contributed by atoms with E-state index in [0.29, 0.717) is 0 Å². The van der Waals surface area contributed by atoms with Gasteiger partial charge < -0.3 is 4.90 Å². The van der Waals surface area contributed by atoms with Crippen molar-refractivity contribution in [3.8, 4) is 0 Å². The molecule has 0 aromatic heterocycles. The zero-order valence-corrected chi connectivity index (χ0v) is 6.84. The van der Waals surface area contributed by atoms with Gasteiger partial charge in [-0.1, -0.05) is 12.2 Å². The Morgan fingerprint density at radius 2 is 2.00 bits per heavy atom. The van der Waals surface area contributed by atoms with Gasteiger partial charge in [0.15, 0.2) is 0 Å². The quantitative estimate of drug-likeness (QED) is 0.541. The molecule has 0 aromatic rings. The third kappa shape index (κ3) is 2.53. The van der Waals surface area contributed by atoms with Gasteiger partial charge in [0, 0.05) is 6.54 Å². The van der Waals surface area contributed by atoms with Gasteiger partial charge in [-0.2, -0.15) is 0 Å². The number of hydrogen-bond donors (Lipinski definition) is 0. The first-order chi connectivity index (χ1) is 4.93. The largest absolute Gasteiger partial charge is 0.303 e. The summed E-state index contributed by atoms with van der Waals surface area (Å²) in [4.78, 5) is 2.54. The van der Waals surface area contributed by atoms with Gasteiger partial charge in [0.25, 0.3) is 0 Å². The molecule has 1 fully saturated rings. The van der Waals surface area contributed by atoms with E-state index in [1.807, 2.05) is 0 Å². The maximum absolute atomic E-state index is 2.54. The monoisotopic (exact) mass is 139 g/mol. The standard InChI is InChI=1S/C9H17N/c1-2-3-4-7-10-8-5-6-9-10/h2-3H,4-9H2,1H3/b3-2+. The minimum atomic E-state index is 1.23. The van der Waals surface area contributed by atoms with Crippen molar-refractivity contribution < 1.29 is 0 Å². The molecule has 0 atom stereocenters. The van der Waals surface area contributed by atoms with Gasteiger partial charge in [-0.25, -0.2) is 0 Å². The van der Waals surface area contributed by atoms with E-state index >= 15 is 0 Å². The molecule has 1 heteroatoms. The molecule has 1 saturated heterocycles. The first-order valence-electron chi connectivity index (χ1n) is 4.27. The van der Waals surface area contributed by atoms with Crippen molar-refractivity contribution in [2.24, 2.45) is 0 Å². The molecule has 0 bridgehead atoms. The Bertz CT molecular complexity index is 101. The third-order valence-corrected chi connectivity index (χ3v) is 2.05. The van der Waals surface area contributed by atoms with Gasteiger partial charge in [0.05, 0.1) is 0 Å². The predicted molar refractivity (Wildman–Crippen MR) is 45.1 cm³/mol. The molecule has 0 unspecified atom stereocenters. The van der Waals surface area contributed by atoms with Crippen LogP contribution < -0.4 is 0 Å². The van der Waals surface area contributed by atoms with Crippen LogP contribution in [0.15, 0.2) is 12.2 Å². The van der Waals surface area contributed by atoms with E-state index in [1.54, 1.807) is 0 Å². The Kier molecular flexibility index (Phi) is 3.52. The number of likely N-dealkylation sites (tertiary alicyclic amines) is 1. The van der Waals surface area contributed by atoms with Gasteiger partial charge in [-0.05, 0) is 39.3 Å². The number of allylic oxidation sites excluding steroid dienone is 1. The van der Waals surface area contributed by atoms with E-state index < -0.39 is 0 Å². The molecule has 1 aliphatic heterocycles. The minimum Gasteiger partial charge on any atom is -0.303 e. The third-order valence-electron chi connectivity index (χ3n) is 2.05. The highest BCUT2D eigenvalue weighted by Gasteiger charge is 2.08. The van der Waals surface area contributed by atoms with Crippen molar-refractivity contribution in [3.63, 3.8) is 0 Å². The highest BCUT2D eigenvalue weighted by molar-refractivity contribution is 4.79. The summed E-state index contributed by atoms with van der Waals surface area (Å²) in [5.74, 6) is 0. The fourth-order valence-corrected chi connectivity index (χ4v) is 1.43. The van der Waals surface area contributed by atoms with Crippen molar-refractivity contribution in [1.82, 2.24) is 4.90 Å². The molecule has 0 amide bonds. The molecule has 0 spiro atoms. The second kappa shape index (κ2) is 4.51. The van der Waals surface area contributed by atoms with Crippen LogP contribution in [-0.2, 0) is 0 Å². The summed E-state index contributed by atoms with van der Waals surface area (Å²) in [7, 11) is 0. The highest BCUT2D eigenvalue weighted by Crippen LogP contribution is 2.07. The first-order valence-corrected chi connectivity index (χ1v) is 4.27. The van der Waals surface area contributed by atoms with E-state index in [1.165, 1.54) is 38.9 Å². The molecular weight excluding hydrogens is 122 g/mol. The summed E-state index contributed by atoms with van der Waals surface area (Å²) in [6.45, 7) is 6.02. The summed E-state index contributed by atoms with van der Waals surface area (Å²) in [6, 6.07) is 0. The Hall–Kier alpha value is -0.300. The van der Waals surface area contributed by atoms with Crippen LogP contribution in [0.2, 0.25) is 0 Å². The number of nitrogens with zero attached hydrogens (tertiary/aromatic N) is 1. The lowest BCUT2D eigenvalue weighted by atomic mass is 10.3. The maximum Gasteiger partial charge on any atom is 0.00159 e. The molecule has 1 aliphatic rings. The summed E-state index contributed by atoms with van der Waals surface area (Å²) < 4.78 is 0. The second-order valence-electron chi connectivity index (χ2n) is 2.91. The van der Waals surface area contributed by atoms with Crippen LogP contribution >= 0.6 is 0 Å². The van der Waals surface area contributed by atoms with Crippen LogP contribution in [0.4, 0.5) is 0 Å². The lowest BCUT2D eigenvalue weighted by Crippen LogP contribution is -2.19. The summed E-state index contributed by atoms with van der Waals surface area (Å²) in [5.41, 5.74) is 0. The van der Waals surface area contributed by atoms with Gasteiger partial charge in [-0.15, -0.1) is 0 Å². The van der Waals surface area contributed by atoms with E-state index in [9.17, 15) is 0 Å². The lowest BCUT2D eigenvalue weighted by molar-refractivity contribution is 0.346. The molecule has 0 aromatic carbocycles. The van der Waals surface area contributed by atoms with E-state index in [4.69, 9.17) is 0 Å². The van der Waals surface area contributed by atoms with Crippen LogP contribution in [0.25, 0.3) is 0 Å².